The molecule has 1 heterocycles. The van der Waals surface area contributed by atoms with Crippen molar-refractivity contribution in [1.29, 1.82) is 0 Å². The number of hydrogen-bond donors (Lipinski definition) is 2. The second-order valence-corrected chi connectivity index (χ2v) is 6.43. The molecule has 2 atom stereocenters. The first kappa shape index (κ1) is 19.9. The Labute approximate surface area is 163 Å². The van der Waals surface area contributed by atoms with Crippen LogP contribution in [0.1, 0.15) is 17.4 Å². The predicted molar refractivity (Wildman–Crippen MR) is 104 cm³/mol. The molecular weight excluding hydrogens is 361 g/mol. The van der Waals surface area contributed by atoms with Crippen molar-refractivity contribution in [2.45, 2.75) is 12.1 Å². The molecule has 0 aliphatic carbocycles. The van der Waals surface area contributed by atoms with Gasteiger partial charge in [0.15, 0.2) is 0 Å². The lowest BCUT2D eigenvalue weighted by Gasteiger charge is -2.21. The maximum Gasteiger partial charge on any atom is 0.130 e. The first-order valence-electron chi connectivity index (χ1n) is 8.98. The minimum Gasteiger partial charge on any atom is -0.497 e. The molecule has 0 spiro atoms. The van der Waals surface area contributed by atoms with E-state index in [-0.39, 0.29) is 25.0 Å². The first-order valence-corrected chi connectivity index (χ1v) is 8.98. The van der Waals surface area contributed by atoms with Crippen LogP contribution in [0.4, 0.5) is 4.39 Å². The van der Waals surface area contributed by atoms with Gasteiger partial charge in [-0.05, 0) is 42.0 Å². The number of aliphatic hydroxyl groups is 1. The van der Waals surface area contributed by atoms with Gasteiger partial charge in [0.1, 0.15) is 35.9 Å². The van der Waals surface area contributed by atoms with Crippen LogP contribution in [0.25, 0.3) is 0 Å². The zero-order valence-corrected chi connectivity index (χ0v) is 15.9. The second kappa shape index (κ2) is 9.34. The topological polar surface area (TPSA) is 68.5 Å². The number of methoxy groups -OCH3 is 1. The van der Waals surface area contributed by atoms with Gasteiger partial charge in [-0.25, -0.2) is 9.37 Å². The third-order valence-electron chi connectivity index (χ3n) is 4.36. The lowest BCUT2D eigenvalue weighted by molar-refractivity contribution is 0.104. The highest BCUT2D eigenvalue weighted by Gasteiger charge is 2.20. The largest absolute Gasteiger partial charge is 0.497 e. The number of hydrogen-bond acceptors (Lipinski definition) is 5. The number of nitrogens with zero attached hydrogens (tertiary/aromatic N) is 2. The Bertz CT molecular complexity index is 883. The number of ether oxygens (including phenoxy) is 2. The van der Waals surface area contributed by atoms with E-state index < -0.39 is 6.10 Å². The molecule has 148 valence electrons. The Kier molecular flexibility index (Phi) is 6.62. The van der Waals surface area contributed by atoms with Crippen molar-refractivity contribution in [1.82, 2.24) is 14.9 Å². The van der Waals surface area contributed by atoms with Crippen LogP contribution in [0.15, 0.2) is 60.9 Å². The number of aliphatic hydroxyl groups excluding tert-OH is 1. The van der Waals surface area contributed by atoms with E-state index in [1.165, 1.54) is 12.1 Å². The number of aryl methyl sites for hydroxylation is 1. The zero-order chi connectivity index (χ0) is 19.9. The predicted octanol–water partition coefficient (Wildman–Crippen LogP) is 2.69. The molecule has 0 aliphatic heterocycles. The summed E-state index contributed by atoms with van der Waals surface area (Å²) in [5.74, 6) is 1.80. The van der Waals surface area contributed by atoms with Crippen LogP contribution < -0.4 is 14.8 Å². The normalized spacial score (nSPS) is 13.1. The van der Waals surface area contributed by atoms with Crippen LogP contribution in [0, 0.1) is 5.82 Å². The van der Waals surface area contributed by atoms with E-state index in [1.807, 2.05) is 23.9 Å². The summed E-state index contributed by atoms with van der Waals surface area (Å²) in [6.45, 7) is 0.375. The number of imidazole rings is 1. The molecule has 0 amide bonds. The highest BCUT2D eigenvalue weighted by atomic mass is 19.1. The van der Waals surface area contributed by atoms with Gasteiger partial charge < -0.3 is 24.5 Å². The molecule has 0 saturated carbocycles. The number of aromatic nitrogens is 2. The van der Waals surface area contributed by atoms with Crippen molar-refractivity contribution in [2.24, 2.45) is 7.05 Å². The zero-order valence-electron chi connectivity index (χ0n) is 15.9. The molecule has 1 aromatic heterocycles. The molecule has 0 radical (unpaired) electrons. The molecule has 0 saturated heterocycles. The monoisotopic (exact) mass is 385 g/mol. The average Bonchev–Trinajstić information content (AvgIpc) is 3.13. The molecule has 3 aromatic rings. The molecule has 7 heteroatoms. The lowest BCUT2D eigenvalue weighted by Crippen LogP contribution is -2.35. The van der Waals surface area contributed by atoms with Gasteiger partial charge in [0.05, 0.1) is 13.2 Å². The van der Waals surface area contributed by atoms with Crippen LogP contribution in [0.2, 0.25) is 0 Å². The van der Waals surface area contributed by atoms with E-state index in [0.29, 0.717) is 5.75 Å². The fraction of sp³-hybridized carbons (Fsp3) is 0.286. The maximum absolute atomic E-state index is 13.7. The minimum atomic E-state index is -0.751. The van der Waals surface area contributed by atoms with E-state index in [2.05, 4.69) is 10.3 Å². The van der Waals surface area contributed by atoms with Crippen molar-refractivity contribution in [2.75, 3.05) is 20.3 Å². The van der Waals surface area contributed by atoms with Gasteiger partial charge in [0, 0.05) is 26.0 Å². The summed E-state index contributed by atoms with van der Waals surface area (Å²) in [4.78, 5) is 4.36. The van der Waals surface area contributed by atoms with Gasteiger partial charge in [0.25, 0.3) is 0 Å². The molecular formula is C21H24FN3O3. The first-order chi connectivity index (χ1) is 13.6. The fourth-order valence-corrected chi connectivity index (χ4v) is 2.88. The molecule has 2 N–H and O–H groups in total. The lowest BCUT2D eigenvalue weighted by atomic mass is 10.1. The number of benzene rings is 2. The van der Waals surface area contributed by atoms with Crippen LogP contribution >= 0.6 is 0 Å². The van der Waals surface area contributed by atoms with Crippen molar-refractivity contribution in [3.05, 3.63) is 78.1 Å². The second-order valence-electron chi connectivity index (χ2n) is 6.43. The molecule has 0 bridgehead atoms. The van der Waals surface area contributed by atoms with Crippen LogP contribution in [-0.2, 0) is 7.05 Å². The third kappa shape index (κ3) is 5.09. The summed E-state index contributed by atoms with van der Waals surface area (Å²) in [5, 5.41) is 13.6. The highest BCUT2D eigenvalue weighted by molar-refractivity contribution is 5.31. The summed E-state index contributed by atoms with van der Waals surface area (Å²) in [7, 11) is 3.47. The van der Waals surface area contributed by atoms with Crippen LogP contribution in [0.5, 0.6) is 11.5 Å². The highest BCUT2D eigenvalue weighted by Crippen LogP contribution is 2.21. The number of halogens is 1. The Morgan fingerprint density at radius 3 is 2.57 bits per heavy atom. The summed E-state index contributed by atoms with van der Waals surface area (Å²) in [5.41, 5.74) is 0.734. The van der Waals surface area contributed by atoms with Gasteiger partial charge in [0.2, 0.25) is 0 Å². The summed E-state index contributed by atoms with van der Waals surface area (Å²) >= 11 is 0. The molecule has 28 heavy (non-hydrogen) atoms. The van der Waals surface area contributed by atoms with E-state index in [0.717, 1.165) is 17.1 Å². The maximum atomic E-state index is 13.7. The van der Waals surface area contributed by atoms with E-state index >= 15 is 0 Å². The molecule has 0 aliphatic rings. The van der Waals surface area contributed by atoms with Crippen LogP contribution in [0.3, 0.4) is 0 Å². The van der Waals surface area contributed by atoms with Gasteiger partial charge in [-0.3, -0.25) is 0 Å². The Balaban J connectivity index is 1.62. The molecule has 0 fully saturated rings. The Morgan fingerprint density at radius 2 is 1.93 bits per heavy atom. The summed E-state index contributed by atoms with van der Waals surface area (Å²) in [6, 6.07) is 13.1. The van der Waals surface area contributed by atoms with Crippen LogP contribution in [-0.4, -0.2) is 41.0 Å². The Hall–Kier alpha value is -2.90. The number of rotatable bonds is 9. The van der Waals surface area contributed by atoms with Gasteiger partial charge >= 0.3 is 0 Å². The van der Waals surface area contributed by atoms with E-state index in [4.69, 9.17) is 9.47 Å². The van der Waals surface area contributed by atoms with Crippen molar-refractivity contribution in [3.63, 3.8) is 0 Å². The minimum absolute atomic E-state index is 0.121. The van der Waals surface area contributed by atoms with Crippen molar-refractivity contribution in [3.8, 4) is 11.5 Å². The van der Waals surface area contributed by atoms with Crippen molar-refractivity contribution < 1.29 is 19.0 Å². The molecule has 3 rings (SSSR count). The fourth-order valence-electron chi connectivity index (χ4n) is 2.88. The average molecular weight is 385 g/mol. The quantitative estimate of drug-likeness (QED) is 0.593. The third-order valence-corrected chi connectivity index (χ3v) is 4.36. The summed E-state index contributed by atoms with van der Waals surface area (Å²) in [6.07, 6.45) is 2.76. The van der Waals surface area contributed by atoms with Crippen molar-refractivity contribution >= 4 is 0 Å². The molecule has 2 aromatic carbocycles. The Morgan fingerprint density at radius 1 is 1.18 bits per heavy atom. The van der Waals surface area contributed by atoms with Gasteiger partial charge in [-0.1, -0.05) is 12.1 Å². The smallest absolute Gasteiger partial charge is 0.130 e. The van der Waals surface area contributed by atoms with Gasteiger partial charge in [-0.2, -0.15) is 0 Å². The van der Waals surface area contributed by atoms with E-state index in [1.54, 1.807) is 43.6 Å². The molecule has 6 nitrogen and oxygen atoms in total. The number of nitrogens with one attached hydrogen (secondary N) is 1. The summed E-state index contributed by atoms with van der Waals surface area (Å²) < 4.78 is 26.3. The van der Waals surface area contributed by atoms with Gasteiger partial charge in [-0.15, -0.1) is 0 Å². The SMILES string of the molecule is COc1ccc(OCC(O)CNC(c2cccc(F)c2)c2nccn2C)cc1. The standard InChI is InChI=1S/C21H24FN3O3/c1-25-11-10-23-21(25)20(15-4-3-5-16(22)12-15)24-13-17(26)14-28-19-8-6-18(27-2)7-9-19/h3-12,17,20,24,26H,13-14H2,1-2H3. The van der Waals surface area contributed by atoms with E-state index in [9.17, 15) is 9.50 Å². The molecule has 2 unspecified atom stereocenters.